The van der Waals surface area contributed by atoms with E-state index in [-0.39, 0.29) is 45.5 Å². The molecule has 0 bridgehead atoms. The first kappa shape index (κ1) is 98.1. The summed E-state index contributed by atoms with van der Waals surface area (Å²) >= 11 is 0. The molecule has 0 amide bonds. The molecule has 18 heterocycles. The molecule has 0 radical (unpaired) electrons. The van der Waals surface area contributed by atoms with Crippen molar-refractivity contribution < 1.29 is 9.50 Å². The second kappa shape index (κ2) is 45.3. The van der Waals surface area contributed by atoms with Crippen LogP contribution in [0.15, 0.2) is 284 Å². The molecule has 0 aliphatic carbocycles. The van der Waals surface area contributed by atoms with Crippen molar-refractivity contribution in [1.82, 2.24) is 92.1 Å². The lowest BCUT2D eigenvalue weighted by Gasteiger charge is -2.31. The molecule has 27 heteroatoms. The molecule has 26 nitrogen and oxygen atoms in total. The zero-order chi connectivity index (χ0) is 101. The number of benzene rings is 6. The van der Waals surface area contributed by atoms with E-state index in [0.29, 0.717) is 149 Å². The van der Waals surface area contributed by atoms with Crippen molar-refractivity contribution in [1.29, 1.82) is 0 Å². The quantitative estimate of drug-likeness (QED) is 0.138. The Kier molecular flexibility index (Phi) is 30.2. The maximum absolute atomic E-state index is 13.6. The molecule has 1 N–H and O–H groups in total. The van der Waals surface area contributed by atoms with Gasteiger partial charge in [-0.3, -0.25) is 61.1 Å². The molecule has 726 valence electrons. The number of aliphatic hydroxyl groups is 1. The van der Waals surface area contributed by atoms with Crippen LogP contribution in [0.25, 0.3) is 65.4 Å². The fourth-order valence-electron chi connectivity index (χ4n) is 18.5. The Hall–Kier alpha value is -17.7. The summed E-state index contributed by atoms with van der Waals surface area (Å²) in [6.07, 6.45) is 18.9. The fourth-order valence-corrected chi connectivity index (χ4v) is 18.5. The van der Waals surface area contributed by atoms with Gasteiger partial charge < -0.3 is 5.11 Å². The number of aryl methyl sites for hydroxylation is 4. The van der Waals surface area contributed by atoms with Crippen molar-refractivity contribution in [2.75, 3.05) is 7.05 Å². The molecule has 6 aliphatic heterocycles. The predicted octanol–water partition coefficient (Wildman–Crippen LogP) is 15.4. The fraction of sp³-hybridized carbons (Fsp3) is 0.250. The summed E-state index contributed by atoms with van der Waals surface area (Å²) in [6, 6.07) is 67.5. The molecule has 6 aromatic carbocycles. The number of halogens is 1. The van der Waals surface area contributed by atoms with E-state index in [9.17, 15) is 38.3 Å². The van der Waals surface area contributed by atoms with Crippen molar-refractivity contribution in [3.63, 3.8) is 0 Å². The number of aliphatic hydroxyl groups excluding tert-OH is 1. The van der Waals surface area contributed by atoms with Crippen molar-refractivity contribution >= 4 is 65.4 Å². The molecule has 18 aromatic rings. The second-order valence-electron chi connectivity index (χ2n) is 37.4. The maximum Gasteiger partial charge on any atom is 0.261 e. The number of pyridine rings is 6. The Labute approximate surface area is 846 Å². The van der Waals surface area contributed by atoms with Gasteiger partial charge in [-0.05, 0) is 302 Å². The molecule has 0 saturated carbocycles. The molecule has 0 saturated heterocycles. The molecule has 6 atom stereocenters. The van der Waals surface area contributed by atoms with Crippen molar-refractivity contribution in [2.45, 2.75) is 175 Å². The lowest BCUT2D eigenvalue weighted by Crippen LogP contribution is -2.43. The highest BCUT2D eigenvalue weighted by Crippen LogP contribution is 2.28. The molecule has 12 aromatic heterocycles. The molecular weight excluding hydrogens is 1840 g/mol. The highest BCUT2D eigenvalue weighted by atomic mass is 19.1. The predicted molar refractivity (Wildman–Crippen MR) is 568 cm³/mol. The van der Waals surface area contributed by atoms with Gasteiger partial charge in [0.2, 0.25) is 0 Å². The molecule has 0 fully saturated rings. The Morgan fingerprint density at radius 2 is 0.605 bits per heavy atom. The number of hydrogen-bond acceptors (Lipinski definition) is 20. The van der Waals surface area contributed by atoms with E-state index in [1.54, 1.807) is 63.0 Å². The lowest BCUT2D eigenvalue weighted by molar-refractivity contribution is 0.155. The summed E-state index contributed by atoms with van der Waals surface area (Å²) in [5.41, 5.74) is 13.4. The minimum absolute atomic E-state index is 0.0317. The van der Waals surface area contributed by atoms with Gasteiger partial charge in [-0.1, -0.05) is 85.8 Å². The lowest BCUT2D eigenvalue weighted by atomic mass is 9.99. The Balaban J connectivity index is 0.000000111. The molecule has 6 unspecified atom stereocenters. The topological polar surface area (TPSA) is 310 Å². The summed E-state index contributed by atoms with van der Waals surface area (Å²) < 4.78 is 24.3. The monoisotopic (exact) mass is 1940 g/mol. The van der Waals surface area contributed by atoms with Crippen LogP contribution in [-0.2, 0) is 71.4 Å². The number of rotatable bonds is 0. The van der Waals surface area contributed by atoms with Crippen molar-refractivity contribution in [2.24, 2.45) is 11.8 Å². The highest BCUT2D eigenvalue weighted by Gasteiger charge is 2.28. The Bertz CT molecular complexity index is 8730. The van der Waals surface area contributed by atoms with E-state index in [2.05, 4.69) is 151 Å². The van der Waals surface area contributed by atoms with Crippen molar-refractivity contribution in [3.8, 4) is 71.0 Å². The van der Waals surface area contributed by atoms with Crippen LogP contribution in [0.5, 0.6) is 0 Å². The number of fused-ring (bicyclic) bond motifs is 12. The van der Waals surface area contributed by atoms with E-state index in [1.807, 2.05) is 220 Å². The molecule has 24 rings (SSSR count). The van der Waals surface area contributed by atoms with Crippen LogP contribution in [0.4, 0.5) is 4.39 Å². The normalized spacial score (nSPS) is 16.5. The minimum atomic E-state index is -0.871. The van der Waals surface area contributed by atoms with Gasteiger partial charge in [0, 0.05) is 147 Å². The van der Waals surface area contributed by atoms with Gasteiger partial charge in [-0.15, -0.1) is 0 Å². The van der Waals surface area contributed by atoms with E-state index in [0.717, 1.165) is 160 Å². The SMILES string of the molecule is CC1CCCc2nc3cc(C#Cc4ccccn4)ccc3c(=O)n21.CC1CCc2nc3cc(C#Cc4ccccn4)ccc3c(=O)n2C1.CC1CCn2c(nc3cc(C#Cc4ccccn4)ccc3c2=O)C1.CC1Cn2c(nc3cc(C#Cc4ccccn4)ccc3c2=O)CN1C.O=c1c2ccc(C#Cc3ccccn3)cc2nc2n1CCC(F)CC2.O=c1c2ccc(C#Cc3ccccn3)cc2nc2n1CCC(O)CC2. The molecule has 147 heavy (non-hydrogen) atoms. The average Bonchev–Trinajstić information content (AvgIpc) is 1.75. The zero-order valence-electron chi connectivity index (χ0n) is 81.9. The third-order valence-corrected chi connectivity index (χ3v) is 26.7. The standard InChI is InChI=1S/C20H16FN3O.C20H18N4O.C20H17N3O2.3C20H17N3O/c21-15-6-9-19-23-18-13-14(4-7-16-3-1-2-11-22-16)5-8-17(18)20(25)24(19)12-10-15;1-14-12-24-19(13-23(14)2)22-18-11-15(7-9-17(18)20(24)25)6-8-16-5-3-4-10-21-16;24-16-7-9-19-22-18-13-14(4-6-15-3-1-2-11-21-15)5-8-17(18)20(25)23(19)12-10-16;1-14-5-4-7-19-22-18-13-15(8-10-16-6-2-3-12-21-16)9-11-17(18)20(24)23(14)19;1-14-5-10-19-22-18-12-15(6-8-16-4-2-3-11-21-16)7-9-17(18)20(24)23(19)13-14;1-14-9-11-23-19(12-14)22-18-13-15(6-8-17(18)20(23)24)5-7-16-4-2-3-10-21-16/h1-3,5,8,11,13,15H,6,9-10,12H2;3-5,7,9-11,14H,12-13H2,1-2H3;1-3,5,8,11,13,16,24H,7,9-10,12H2;2-3,6,9,11-14H,4-5,7H2,1H3;2-4,7,9,11-12,14H,5,10,13H2,1H3;2-4,6,8,10,13-14H,9,11-12H2,1H3. The van der Waals surface area contributed by atoms with Crippen LogP contribution in [0.2, 0.25) is 0 Å². The highest BCUT2D eigenvalue weighted by molar-refractivity contribution is 5.84. The van der Waals surface area contributed by atoms with Crippen LogP contribution >= 0.6 is 0 Å². The summed E-state index contributed by atoms with van der Waals surface area (Å²) in [5.74, 6) is 42.7. The third-order valence-electron chi connectivity index (χ3n) is 26.7. The Morgan fingerprint density at radius 3 is 0.986 bits per heavy atom. The van der Waals surface area contributed by atoms with Crippen LogP contribution in [0, 0.1) is 82.9 Å². The summed E-state index contributed by atoms with van der Waals surface area (Å²) in [5, 5.41) is 13.6. The van der Waals surface area contributed by atoms with Gasteiger partial charge in [0.1, 0.15) is 75.3 Å². The maximum atomic E-state index is 13.6. The van der Waals surface area contributed by atoms with Gasteiger partial charge in [0.05, 0.1) is 78.1 Å². The van der Waals surface area contributed by atoms with Crippen LogP contribution < -0.4 is 33.4 Å². The number of alkyl halides is 1. The van der Waals surface area contributed by atoms with E-state index in [1.165, 1.54) is 0 Å². The van der Waals surface area contributed by atoms with Crippen molar-refractivity contribution in [3.05, 3.63) is 420 Å². The minimum Gasteiger partial charge on any atom is -0.393 e. The third kappa shape index (κ3) is 23.6. The van der Waals surface area contributed by atoms with Gasteiger partial charge >= 0.3 is 0 Å². The molecule has 0 spiro atoms. The van der Waals surface area contributed by atoms with Crippen LogP contribution in [0.3, 0.4) is 0 Å². The number of aromatic nitrogens is 18. The van der Waals surface area contributed by atoms with E-state index < -0.39 is 6.17 Å². The van der Waals surface area contributed by atoms with E-state index in [4.69, 9.17) is 19.9 Å². The molecular formula is C120H102FN19O7. The smallest absolute Gasteiger partial charge is 0.261 e. The number of likely N-dealkylation sites (N-methyl/N-ethyl adjacent to an activating group) is 1. The largest absolute Gasteiger partial charge is 0.393 e. The van der Waals surface area contributed by atoms with Gasteiger partial charge in [-0.25, -0.2) is 64.2 Å². The summed E-state index contributed by atoms with van der Waals surface area (Å²) in [7, 11) is 2.05. The van der Waals surface area contributed by atoms with Gasteiger partial charge in [0.25, 0.3) is 33.4 Å². The first-order valence-corrected chi connectivity index (χ1v) is 49.5. The second-order valence-corrected chi connectivity index (χ2v) is 37.4. The first-order valence-electron chi connectivity index (χ1n) is 49.5. The summed E-state index contributed by atoms with van der Waals surface area (Å²) in [6.45, 7) is 12.4. The number of nitrogens with zero attached hydrogens (tertiary/aromatic N) is 19. The molecule has 6 aliphatic rings. The van der Waals surface area contributed by atoms with Gasteiger partial charge in [0.15, 0.2) is 0 Å². The Morgan fingerprint density at radius 1 is 0.293 bits per heavy atom. The zero-order valence-corrected chi connectivity index (χ0v) is 81.9. The van der Waals surface area contributed by atoms with Gasteiger partial charge in [-0.2, -0.15) is 0 Å². The van der Waals surface area contributed by atoms with Crippen LogP contribution in [-0.4, -0.2) is 123 Å². The number of hydrogen-bond donors (Lipinski definition) is 1. The van der Waals surface area contributed by atoms with Crippen LogP contribution in [0.1, 0.15) is 188 Å². The average molecular weight is 1940 g/mol. The first-order chi connectivity index (χ1) is 71.6. The summed E-state index contributed by atoms with van der Waals surface area (Å²) in [4.78, 5) is 132. The van der Waals surface area contributed by atoms with E-state index >= 15 is 0 Å².